The zero-order valence-electron chi connectivity index (χ0n) is 12.8. The van der Waals surface area contributed by atoms with Crippen LogP contribution >= 0.6 is 0 Å². The van der Waals surface area contributed by atoms with Crippen molar-refractivity contribution in [3.8, 4) is 11.1 Å². The molecule has 0 aliphatic heterocycles. The predicted molar refractivity (Wildman–Crippen MR) is 91.9 cm³/mol. The molecule has 0 saturated carbocycles. The van der Waals surface area contributed by atoms with Gasteiger partial charge in [0.05, 0.1) is 6.67 Å². The first-order valence-electron chi connectivity index (χ1n) is 7.74. The minimum atomic E-state index is -1.30. The molecule has 23 heavy (non-hydrogen) atoms. The van der Waals surface area contributed by atoms with Gasteiger partial charge in [0, 0.05) is 6.42 Å². The second-order valence-electron chi connectivity index (χ2n) is 5.61. The van der Waals surface area contributed by atoms with Crippen LogP contribution in [0.3, 0.4) is 0 Å². The van der Waals surface area contributed by atoms with Crippen molar-refractivity contribution in [1.82, 2.24) is 0 Å². The molecule has 0 radical (unpaired) electrons. The molecule has 3 aromatic rings. The van der Waals surface area contributed by atoms with Gasteiger partial charge in [0.25, 0.3) is 0 Å². The molecule has 3 rings (SSSR count). The van der Waals surface area contributed by atoms with E-state index in [4.69, 9.17) is 0 Å². The van der Waals surface area contributed by atoms with Crippen LogP contribution in [0.25, 0.3) is 11.1 Å². The summed E-state index contributed by atoms with van der Waals surface area (Å²) in [7, 11) is 0. The van der Waals surface area contributed by atoms with Gasteiger partial charge in [-0.2, -0.15) is 0 Å². The summed E-state index contributed by atoms with van der Waals surface area (Å²) in [6.07, 6.45) is 0.0434. The van der Waals surface area contributed by atoms with Gasteiger partial charge in [0.1, 0.15) is 5.60 Å². The van der Waals surface area contributed by atoms with E-state index >= 15 is 0 Å². The van der Waals surface area contributed by atoms with Crippen LogP contribution in [0.2, 0.25) is 0 Å². The summed E-state index contributed by atoms with van der Waals surface area (Å²) >= 11 is 0. The lowest BCUT2D eigenvalue weighted by Gasteiger charge is -2.28. The van der Waals surface area contributed by atoms with Crippen molar-refractivity contribution < 1.29 is 9.50 Å². The van der Waals surface area contributed by atoms with E-state index in [0.29, 0.717) is 11.1 Å². The SMILES string of the molecule is OC(CCF)(c1ccccc1)c1ccc(-c2ccccc2)cc1. The zero-order valence-corrected chi connectivity index (χ0v) is 12.8. The molecule has 0 heterocycles. The Morgan fingerprint density at radius 3 is 1.70 bits per heavy atom. The molecule has 0 amide bonds. The number of aliphatic hydroxyl groups is 1. The van der Waals surface area contributed by atoms with Gasteiger partial charge in [-0.05, 0) is 22.3 Å². The summed E-state index contributed by atoms with van der Waals surface area (Å²) in [5, 5.41) is 11.1. The Morgan fingerprint density at radius 1 is 0.652 bits per heavy atom. The Balaban J connectivity index is 1.98. The van der Waals surface area contributed by atoms with Crippen LogP contribution in [0, 0.1) is 0 Å². The van der Waals surface area contributed by atoms with Crippen molar-refractivity contribution in [2.24, 2.45) is 0 Å². The van der Waals surface area contributed by atoms with E-state index in [1.807, 2.05) is 84.9 Å². The van der Waals surface area contributed by atoms with Gasteiger partial charge in [0.2, 0.25) is 0 Å². The third kappa shape index (κ3) is 3.17. The van der Waals surface area contributed by atoms with Crippen molar-refractivity contribution in [2.75, 3.05) is 6.67 Å². The topological polar surface area (TPSA) is 20.2 Å². The number of rotatable bonds is 5. The van der Waals surface area contributed by atoms with Crippen LogP contribution in [0.5, 0.6) is 0 Å². The Hall–Kier alpha value is -2.45. The Kier molecular flexibility index (Phi) is 4.54. The molecular weight excluding hydrogens is 287 g/mol. The van der Waals surface area contributed by atoms with E-state index in [-0.39, 0.29) is 6.42 Å². The molecule has 1 N–H and O–H groups in total. The van der Waals surface area contributed by atoms with Gasteiger partial charge >= 0.3 is 0 Å². The standard InChI is InChI=1S/C21H19FO/c22-16-15-21(23,19-9-5-2-6-10-19)20-13-11-18(12-14-20)17-7-3-1-4-8-17/h1-14,23H,15-16H2. The second-order valence-corrected chi connectivity index (χ2v) is 5.61. The molecule has 3 aromatic carbocycles. The van der Waals surface area contributed by atoms with E-state index in [0.717, 1.165) is 11.1 Å². The number of halogens is 1. The summed E-state index contributed by atoms with van der Waals surface area (Å²) in [5.41, 5.74) is 2.31. The lowest BCUT2D eigenvalue weighted by molar-refractivity contribution is 0.0633. The smallest absolute Gasteiger partial charge is 0.117 e. The summed E-state index contributed by atoms with van der Waals surface area (Å²) in [4.78, 5) is 0. The van der Waals surface area contributed by atoms with Crippen molar-refractivity contribution in [3.05, 3.63) is 96.1 Å². The Morgan fingerprint density at radius 2 is 1.13 bits per heavy atom. The van der Waals surface area contributed by atoms with E-state index in [1.54, 1.807) is 0 Å². The largest absolute Gasteiger partial charge is 0.380 e. The number of alkyl halides is 1. The highest BCUT2D eigenvalue weighted by molar-refractivity contribution is 5.63. The van der Waals surface area contributed by atoms with Crippen molar-refractivity contribution in [3.63, 3.8) is 0 Å². The minimum absolute atomic E-state index is 0.0434. The van der Waals surface area contributed by atoms with Crippen LogP contribution in [0.1, 0.15) is 17.5 Å². The third-order valence-corrected chi connectivity index (χ3v) is 4.18. The van der Waals surface area contributed by atoms with Crippen molar-refractivity contribution in [2.45, 2.75) is 12.0 Å². The maximum atomic E-state index is 13.0. The molecule has 0 aliphatic carbocycles. The summed E-state index contributed by atoms with van der Waals surface area (Å²) in [5.74, 6) is 0. The van der Waals surface area contributed by atoms with Crippen molar-refractivity contribution in [1.29, 1.82) is 0 Å². The summed E-state index contributed by atoms with van der Waals surface area (Å²) < 4.78 is 13.0. The average molecular weight is 306 g/mol. The monoisotopic (exact) mass is 306 g/mol. The second kappa shape index (κ2) is 6.76. The fourth-order valence-corrected chi connectivity index (χ4v) is 2.87. The number of hydrogen-bond acceptors (Lipinski definition) is 1. The predicted octanol–water partition coefficient (Wildman–Crippen LogP) is 4.95. The third-order valence-electron chi connectivity index (χ3n) is 4.18. The molecule has 1 atom stereocenters. The fraction of sp³-hybridized carbons (Fsp3) is 0.143. The highest BCUT2D eigenvalue weighted by Gasteiger charge is 2.31. The maximum absolute atomic E-state index is 13.0. The highest BCUT2D eigenvalue weighted by Crippen LogP contribution is 2.34. The average Bonchev–Trinajstić information content (AvgIpc) is 2.63. The van der Waals surface area contributed by atoms with Gasteiger partial charge in [-0.25, -0.2) is 0 Å². The fourth-order valence-electron chi connectivity index (χ4n) is 2.87. The van der Waals surface area contributed by atoms with Gasteiger partial charge in [0.15, 0.2) is 0 Å². The molecule has 1 nitrogen and oxygen atoms in total. The molecule has 0 bridgehead atoms. The highest BCUT2D eigenvalue weighted by atomic mass is 19.1. The van der Waals surface area contributed by atoms with E-state index in [1.165, 1.54) is 0 Å². The lowest BCUT2D eigenvalue weighted by atomic mass is 9.83. The molecule has 0 saturated heterocycles. The Bertz CT molecular complexity index is 738. The number of hydrogen-bond donors (Lipinski definition) is 1. The first-order valence-corrected chi connectivity index (χ1v) is 7.74. The molecule has 0 fully saturated rings. The van der Waals surface area contributed by atoms with Crippen LogP contribution in [0.15, 0.2) is 84.9 Å². The van der Waals surface area contributed by atoms with Crippen LogP contribution < -0.4 is 0 Å². The van der Waals surface area contributed by atoms with Gasteiger partial charge < -0.3 is 5.11 Å². The minimum Gasteiger partial charge on any atom is -0.380 e. The quantitative estimate of drug-likeness (QED) is 0.707. The Labute approximate surface area is 136 Å². The van der Waals surface area contributed by atoms with Crippen molar-refractivity contribution >= 4 is 0 Å². The van der Waals surface area contributed by atoms with Gasteiger partial charge in [-0.1, -0.05) is 84.9 Å². The zero-order chi connectivity index (χ0) is 16.1. The van der Waals surface area contributed by atoms with Crippen LogP contribution in [-0.4, -0.2) is 11.8 Å². The van der Waals surface area contributed by atoms with Gasteiger partial charge in [-0.15, -0.1) is 0 Å². The first kappa shape index (κ1) is 15.4. The summed E-state index contributed by atoms with van der Waals surface area (Å²) in [6.45, 7) is -0.578. The van der Waals surface area contributed by atoms with Crippen LogP contribution in [0.4, 0.5) is 4.39 Å². The van der Waals surface area contributed by atoms with Gasteiger partial charge in [-0.3, -0.25) is 4.39 Å². The van der Waals surface area contributed by atoms with Crippen LogP contribution in [-0.2, 0) is 5.60 Å². The first-order chi connectivity index (χ1) is 11.2. The van der Waals surface area contributed by atoms with E-state index in [9.17, 15) is 9.50 Å². The number of benzene rings is 3. The molecule has 1 unspecified atom stereocenters. The molecule has 0 spiro atoms. The lowest BCUT2D eigenvalue weighted by Crippen LogP contribution is -2.28. The van der Waals surface area contributed by atoms with E-state index in [2.05, 4.69) is 0 Å². The summed E-state index contributed by atoms with van der Waals surface area (Å²) in [6, 6.07) is 27.0. The molecule has 0 aromatic heterocycles. The molecule has 0 aliphatic rings. The molecule has 2 heteroatoms. The molecule has 116 valence electrons. The normalized spacial score (nSPS) is 13.5. The molecular formula is C21H19FO. The maximum Gasteiger partial charge on any atom is 0.117 e. The van der Waals surface area contributed by atoms with E-state index < -0.39 is 12.3 Å².